The van der Waals surface area contributed by atoms with Crippen LogP contribution >= 0.6 is 0 Å². The summed E-state index contributed by atoms with van der Waals surface area (Å²) >= 11 is 0. The van der Waals surface area contributed by atoms with Crippen LogP contribution in [0.15, 0.2) is 78.0 Å². The van der Waals surface area contributed by atoms with Crippen molar-refractivity contribution in [3.8, 4) is 22.5 Å². The second kappa shape index (κ2) is 27.8. The summed E-state index contributed by atoms with van der Waals surface area (Å²) < 4.78 is 71.9. The molecular weight excluding hydrogens is 1050 g/mol. The first kappa shape index (κ1) is 59.8. The first-order valence-corrected chi connectivity index (χ1v) is 28.5. The van der Waals surface area contributed by atoms with Crippen molar-refractivity contribution in [2.75, 3.05) is 60.6 Å². The molecule has 80 heavy (non-hydrogen) atoms. The molecule has 0 bridgehead atoms. The predicted octanol–water partition coefficient (Wildman–Crippen LogP) is 10.9. The quantitative estimate of drug-likeness (QED) is 0.0246. The number of amides is 6. The van der Waals surface area contributed by atoms with Crippen molar-refractivity contribution < 1.29 is 40.9 Å². The monoisotopic (exact) mass is 1120 g/mol. The molecule has 424 valence electrons. The molecular formula is C58H68F4N12O5S. The third kappa shape index (κ3) is 13.9. The second-order valence-electron chi connectivity index (χ2n) is 19.3. The van der Waals surface area contributed by atoms with E-state index in [-0.39, 0.29) is 47.6 Å². The molecule has 17 nitrogen and oxygen atoms in total. The van der Waals surface area contributed by atoms with Crippen molar-refractivity contribution in [1.82, 2.24) is 46.1 Å². The normalized spacial score (nSPS) is 13.2. The number of benzene rings is 4. The number of carbonyl (C=O) groups is 4. The Kier molecular flexibility index (Phi) is 20.8. The Hall–Kier alpha value is -7.85. The zero-order valence-corrected chi connectivity index (χ0v) is 46.9. The minimum absolute atomic E-state index is 0.0294. The van der Waals surface area contributed by atoms with Gasteiger partial charge in [-0.15, -0.1) is 0 Å². The highest BCUT2D eigenvalue weighted by atomic mass is 32.2. The van der Waals surface area contributed by atoms with Crippen LogP contribution in [0.5, 0.6) is 0 Å². The molecule has 5 N–H and O–H groups in total. The number of anilines is 5. The van der Waals surface area contributed by atoms with Crippen LogP contribution in [-0.2, 0) is 23.9 Å². The molecule has 6 amide bonds. The Labute approximate surface area is 466 Å². The number of unbranched alkanes of at least 4 members (excludes halogenated alkanes) is 2. The zero-order valence-electron chi connectivity index (χ0n) is 46.1. The summed E-state index contributed by atoms with van der Waals surface area (Å²) in [6.45, 7) is 16.7. The largest absolute Gasteiger partial charge is 0.354 e. The fourth-order valence-corrected chi connectivity index (χ4v) is 9.53. The fraction of sp³-hybridized carbons (Fsp3) is 0.379. The van der Waals surface area contributed by atoms with Crippen LogP contribution in [0, 0.1) is 37.1 Å². The third-order valence-electron chi connectivity index (χ3n) is 13.4. The number of carbonyl (C=O) groups excluding carboxylic acids is 4. The number of hydrogen-bond acceptors (Lipinski definition) is 11. The Morgan fingerprint density at radius 2 is 1.04 bits per heavy atom. The van der Waals surface area contributed by atoms with E-state index < -0.39 is 57.5 Å². The van der Waals surface area contributed by atoms with Crippen LogP contribution < -0.4 is 36.4 Å². The number of urea groups is 2. The number of fused-ring (bicyclic) bond motifs is 2. The molecule has 1 unspecified atom stereocenters. The fourth-order valence-electron chi connectivity index (χ4n) is 9.09. The van der Waals surface area contributed by atoms with Gasteiger partial charge in [0.25, 0.3) is 11.8 Å². The highest BCUT2D eigenvalue weighted by molar-refractivity contribution is 7.84. The van der Waals surface area contributed by atoms with Crippen LogP contribution in [0.2, 0.25) is 0 Å². The lowest BCUT2D eigenvalue weighted by Gasteiger charge is -2.31. The number of rotatable bonds is 22. The van der Waals surface area contributed by atoms with E-state index in [0.717, 1.165) is 110 Å². The van der Waals surface area contributed by atoms with E-state index in [0.29, 0.717) is 64.4 Å². The maximum Gasteiger partial charge on any atom is 0.328 e. The molecule has 0 radical (unpaired) electrons. The number of aromatic nitrogens is 4. The number of aryl methyl sites for hydroxylation is 2. The molecule has 2 aromatic heterocycles. The zero-order chi connectivity index (χ0) is 57.6. The van der Waals surface area contributed by atoms with E-state index in [2.05, 4.69) is 60.3 Å². The highest BCUT2D eigenvalue weighted by Crippen LogP contribution is 2.41. The first-order valence-electron chi connectivity index (χ1n) is 26.9. The average Bonchev–Trinajstić information content (AvgIpc) is 3.63. The summed E-state index contributed by atoms with van der Waals surface area (Å²) in [5, 5.41) is 14.2. The van der Waals surface area contributed by atoms with Gasteiger partial charge in [-0.25, -0.2) is 51.9 Å². The van der Waals surface area contributed by atoms with Crippen molar-refractivity contribution in [3.63, 3.8) is 0 Å². The lowest BCUT2D eigenvalue weighted by atomic mass is 9.97. The topological polar surface area (TPSA) is 207 Å². The van der Waals surface area contributed by atoms with E-state index in [1.165, 1.54) is 18.4 Å². The van der Waals surface area contributed by atoms with Crippen molar-refractivity contribution >= 4 is 63.6 Å². The molecule has 0 fully saturated rings. The molecule has 0 aliphatic carbocycles. The maximum absolute atomic E-state index is 15.1. The van der Waals surface area contributed by atoms with Gasteiger partial charge in [0.15, 0.2) is 11.6 Å². The second-order valence-corrected chi connectivity index (χ2v) is 20.6. The van der Waals surface area contributed by atoms with E-state index in [4.69, 9.17) is 4.98 Å². The van der Waals surface area contributed by atoms with Crippen molar-refractivity contribution in [3.05, 3.63) is 129 Å². The van der Waals surface area contributed by atoms with Gasteiger partial charge >= 0.3 is 12.1 Å². The number of halogens is 4. The number of hydrogen-bond donors (Lipinski definition) is 5. The van der Waals surface area contributed by atoms with Crippen molar-refractivity contribution in [2.24, 2.45) is 0 Å². The Bertz CT molecular complexity index is 3230. The van der Waals surface area contributed by atoms with Gasteiger partial charge in [0.05, 0.1) is 35.3 Å². The molecule has 8 rings (SSSR count). The first-order chi connectivity index (χ1) is 38.5. The summed E-state index contributed by atoms with van der Waals surface area (Å²) in [6.07, 6.45) is 8.35. The minimum Gasteiger partial charge on any atom is -0.354 e. The van der Waals surface area contributed by atoms with Crippen LogP contribution in [0.25, 0.3) is 22.5 Å². The summed E-state index contributed by atoms with van der Waals surface area (Å²) in [4.78, 5) is 73.8. The van der Waals surface area contributed by atoms with Gasteiger partial charge in [-0.2, -0.15) is 4.98 Å². The molecule has 2 aliphatic heterocycles. The molecule has 4 aromatic carbocycles. The van der Waals surface area contributed by atoms with Gasteiger partial charge in [-0.05, 0) is 125 Å². The summed E-state index contributed by atoms with van der Waals surface area (Å²) in [5.74, 6) is -3.94. The third-order valence-corrected chi connectivity index (χ3v) is 14.1. The maximum atomic E-state index is 15.1. The molecule has 22 heteroatoms. The van der Waals surface area contributed by atoms with Gasteiger partial charge in [0, 0.05) is 59.3 Å². The van der Waals surface area contributed by atoms with Crippen LogP contribution in [-0.4, -0.2) is 98.4 Å². The molecule has 0 saturated heterocycles. The lowest BCUT2D eigenvalue weighted by molar-refractivity contribution is 0.0945. The Balaban J connectivity index is 0.000000238. The molecule has 1 atom stereocenters. The van der Waals surface area contributed by atoms with E-state index in [9.17, 15) is 32.2 Å². The van der Waals surface area contributed by atoms with Crippen LogP contribution in [0.4, 0.5) is 56.1 Å². The van der Waals surface area contributed by atoms with E-state index >= 15 is 8.78 Å². The van der Waals surface area contributed by atoms with Gasteiger partial charge in [0.2, 0.25) is 11.1 Å². The molecule has 6 aromatic rings. The molecule has 4 heterocycles. The Morgan fingerprint density at radius 1 is 0.600 bits per heavy atom. The van der Waals surface area contributed by atoms with Crippen molar-refractivity contribution in [1.29, 1.82) is 0 Å². The average molecular weight is 1120 g/mol. The number of nitrogens with one attached hydrogen (secondary N) is 5. The van der Waals surface area contributed by atoms with E-state index in [1.807, 2.05) is 33.8 Å². The predicted molar refractivity (Wildman–Crippen MR) is 303 cm³/mol. The smallest absolute Gasteiger partial charge is 0.328 e. The molecule has 0 spiro atoms. The van der Waals surface area contributed by atoms with E-state index in [1.54, 1.807) is 30.3 Å². The summed E-state index contributed by atoms with van der Waals surface area (Å²) in [6, 6.07) is 15.7. The van der Waals surface area contributed by atoms with Gasteiger partial charge in [-0.1, -0.05) is 64.8 Å². The molecule has 0 saturated carbocycles. The standard InChI is InChI=1S/C34H45F2N7O2.C24H23F2N5O3S/c1-5-8-18-42(19-9-6-2)20-11-17-38-33-40-29(25-21-24(15-14-23(25)4)32(44)37-16-7-3)26-22-39-34(45)43(31(26)41-33)30-27(35)12-10-13-28(30)36;1-4-10-27-22(32)14-9-8-13(2)15(11-14)19-16-12-28-24(33)31(20-17(25)6-5-7-18(20)26)21(16)30-23(29-19)35(3)34/h10,12-15,21H,5-9,11,16-20,22H2,1-4H3,(H,37,44)(H,39,45)(H,38,40,41);5-9,11H,4,10,12H2,1-3H3,(H,27,32)(H,28,33). The van der Waals surface area contributed by atoms with Crippen LogP contribution in [0.1, 0.15) is 116 Å². The molecule has 2 aliphatic rings. The summed E-state index contributed by atoms with van der Waals surface area (Å²) in [7, 11) is -1.68. The number of para-hydroxylation sites is 2. The minimum atomic E-state index is -1.68. The Morgan fingerprint density at radius 3 is 1.48 bits per heavy atom. The highest BCUT2D eigenvalue weighted by Gasteiger charge is 2.36. The van der Waals surface area contributed by atoms with Crippen LogP contribution in [0.3, 0.4) is 0 Å². The SMILES string of the molecule is CCCCN(CCCC)CCCNc1nc(-c2cc(C(=O)NCCC)ccc2C)c2c(n1)N(c1c(F)cccc1F)C(=O)NC2.CCCNC(=O)c1ccc(C)c(-c2nc(S(C)=O)nc3c2CNC(=O)N3c2c(F)cccc2F)c1. The van der Waals surface area contributed by atoms with Gasteiger partial charge < -0.3 is 31.5 Å². The van der Waals surface area contributed by atoms with Gasteiger partial charge in [0.1, 0.15) is 34.6 Å². The van der Waals surface area contributed by atoms with Crippen molar-refractivity contribution in [2.45, 2.75) is 105 Å². The lowest BCUT2D eigenvalue weighted by Crippen LogP contribution is -2.43. The summed E-state index contributed by atoms with van der Waals surface area (Å²) in [5.41, 5.74) is 4.18. The van der Waals surface area contributed by atoms with Gasteiger partial charge in [-0.3, -0.25) is 13.8 Å². The number of nitrogens with zero attached hydrogens (tertiary/aromatic N) is 7.